The maximum Gasteiger partial charge on any atom is 0.0543 e. The minimum Gasteiger partial charge on any atom is -0.382 e. The zero-order valence-electron chi connectivity index (χ0n) is 24.2. The van der Waals surface area contributed by atoms with Crippen LogP contribution in [0, 0.1) is 0 Å². The monoisotopic (exact) mass is 478 g/mol. The fraction of sp³-hybridized carbons (Fsp3) is 0.812. The second-order valence-corrected chi connectivity index (χ2v) is 9.77. The summed E-state index contributed by atoms with van der Waals surface area (Å²) in [7, 11) is 3.60. The molecule has 34 heavy (non-hydrogen) atoms. The molecule has 0 aliphatic rings. The van der Waals surface area contributed by atoms with Crippen molar-refractivity contribution in [3.8, 4) is 0 Å². The van der Waals surface area contributed by atoms with Crippen molar-refractivity contribution in [2.24, 2.45) is 0 Å². The van der Waals surface area contributed by atoms with E-state index in [0.717, 1.165) is 0 Å². The Bertz CT molecular complexity index is 381. The van der Waals surface area contributed by atoms with Gasteiger partial charge in [-0.15, -0.1) is 0 Å². The van der Waals surface area contributed by atoms with Crippen molar-refractivity contribution in [2.45, 2.75) is 155 Å². The molecule has 0 radical (unpaired) electrons. The molecule has 0 N–H and O–H groups in total. The van der Waals surface area contributed by atoms with Crippen molar-refractivity contribution in [3.63, 3.8) is 0 Å². The molecule has 0 aromatic heterocycles. The molecular weight excluding hydrogens is 416 g/mol. The van der Waals surface area contributed by atoms with Gasteiger partial charge in [-0.05, 0) is 26.7 Å². The zero-order chi connectivity index (χ0) is 25.5. The highest BCUT2D eigenvalue weighted by Crippen LogP contribution is 2.12. The van der Waals surface area contributed by atoms with E-state index in [0.29, 0.717) is 12.2 Å². The van der Waals surface area contributed by atoms with Gasteiger partial charge in [-0.25, -0.2) is 0 Å². The molecule has 0 saturated heterocycles. The molecule has 0 fully saturated rings. The van der Waals surface area contributed by atoms with Crippen LogP contribution in [0.15, 0.2) is 36.4 Å². The van der Waals surface area contributed by atoms with Crippen LogP contribution >= 0.6 is 0 Å². The van der Waals surface area contributed by atoms with Gasteiger partial charge in [0.15, 0.2) is 0 Å². The van der Waals surface area contributed by atoms with Crippen LogP contribution in [0.3, 0.4) is 0 Å². The van der Waals surface area contributed by atoms with Crippen LogP contribution in [0.4, 0.5) is 0 Å². The number of rotatable bonds is 20. The van der Waals surface area contributed by atoms with E-state index in [4.69, 9.17) is 9.47 Å². The standard InChI is InChI=1S/2C13H28O.C6H6/c2*1-4-5-6-7-8-9-10-11-12-13(2)14-3;1-2-4-6-5-3-1/h2*13H,4-12H2,1-3H3;1-6H. The molecule has 0 aliphatic heterocycles. The molecule has 0 amide bonds. The van der Waals surface area contributed by atoms with E-state index >= 15 is 0 Å². The van der Waals surface area contributed by atoms with Crippen LogP contribution in [-0.4, -0.2) is 26.4 Å². The first kappa shape index (κ1) is 35.3. The summed E-state index contributed by atoms with van der Waals surface area (Å²) in [5.41, 5.74) is 0. The van der Waals surface area contributed by atoms with Crippen molar-refractivity contribution in [1.82, 2.24) is 0 Å². The molecule has 2 unspecified atom stereocenters. The Morgan fingerprint density at radius 1 is 0.412 bits per heavy atom. The van der Waals surface area contributed by atoms with E-state index in [1.807, 2.05) is 36.4 Å². The Balaban J connectivity index is 0. The third kappa shape index (κ3) is 33.3. The van der Waals surface area contributed by atoms with E-state index in [-0.39, 0.29) is 0 Å². The van der Waals surface area contributed by atoms with Crippen molar-refractivity contribution in [1.29, 1.82) is 0 Å². The predicted octanol–water partition coefficient (Wildman–Crippen LogP) is 10.8. The molecule has 2 nitrogen and oxygen atoms in total. The zero-order valence-corrected chi connectivity index (χ0v) is 24.2. The highest BCUT2D eigenvalue weighted by molar-refractivity contribution is 4.99. The van der Waals surface area contributed by atoms with Crippen LogP contribution in [0.1, 0.15) is 143 Å². The quantitative estimate of drug-likeness (QED) is 0.173. The Hall–Kier alpha value is -0.860. The van der Waals surface area contributed by atoms with Crippen molar-refractivity contribution >= 4 is 0 Å². The minimum atomic E-state index is 0.454. The molecule has 0 heterocycles. The Kier molecular flexibility index (Phi) is 33.4. The summed E-state index contributed by atoms with van der Waals surface area (Å²) in [6.07, 6.45) is 25.8. The van der Waals surface area contributed by atoms with Crippen LogP contribution in [0.5, 0.6) is 0 Å². The number of methoxy groups -OCH3 is 2. The average Bonchev–Trinajstić information content (AvgIpc) is 2.88. The lowest BCUT2D eigenvalue weighted by atomic mass is 10.1. The summed E-state index contributed by atoms with van der Waals surface area (Å²) in [5, 5.41) is 0. The van der Waals surface area contributed by atoms with Gasteiger partial charge in [-0.3, -0.25) is 0 Å². The van der Waals surface area contributed by atoms with Gasteiger partial charge in [0, 0.05) is 14.2 Å². The number of unbranched alkanes of at least 4 members (excludes halogenated alkanes) is 14. The second-order valence-electron chi connectivity index (χ2n) is 9.77. The van der Waals surface area contributed by atoms with Gasteiger partial charge < -0.3 is 9.47 Å². The lowest BCUT2D eigenvalue weighted by Crippen LogP contribution is -2.03. The third-order valence-electron chi connectivity index (χ3n) is 6.40. The predicted molar refractivity (Wildman–Crippen MR) is 154 cm³/mol. The molecule has 0 saturated carbocycles. The van der Waals surface area contributed by atoms with E-state index < -0.39 is 0 Å². The maximum atomic E-state index is 5.21. The third-order valence-corrected chi connectivity index (χ3v) is 6.40. The molecule has 2 atom stereocenters. The summed E-state index contributed by atoms with van der Waals surface area (Å²) in [5.74, 6) is 0. The Morgan fingerprint density at radius 2 is 0.647 bits per heavy atom. The Labute approximate surface area is 215 Å². The first-order chi connectivity index (χ1) is 16.6. The van der Waals surface area contributed by atoms with Crippen LogP contribution in [0.25, 0.3) is 0 Å². The largest absolute Gasteiger partial charge is 0.382 e. The molecule has 0 aliphatic carbocycles. The summed E-state index contributed by atoms with van der Waals surface area (Å²) >= 11 is 0. The topological polar surface area (TPSA) is 18.5 Å². The Morgan fingerprint density at radius 3 is 0.882 bits per heavy atom. The van der Waals surface area contributed by atoms with Crippen molar-refractivity contribution in [2.75, 3.05) is 14.2 Å². The van der Waals surface area contributed by atoms with Crippen molar-refractivity contribution in [3.05, 3.63) is 36.4 Å². The minimum absolute atomic E-state index is 0.454. The van der Waals surface area contributed by atoms with Crippen molar-refractivity contribution < 1.29 is 9.47 Å². The number of ether oxygens (including phenoxy) is 2. The molecule has 2 heteroatoms. The fourth-order valence-electron chi connectivity index (χ4n) is 3.75. The lowest BCUT2D eigenvalue weighted by molar-refractivity contribution is 0.108. The number of hydrogen-bond donors (Lipinski definition) is 0. The highest BCUT2D eigenvalue weighted by atomic mass is 16.5. The van der Waals surface area contributed by atoms with Gasteiger partial charge in [-0.2, -0.15) is 0 Å². The number of hydrogen-bond acceptors (Lipinski definition) is 2. The van der Waals surface area contributed by atoms with E-state index in [1.54, 1.807) is 14.2 Å². The van der Waals surface area contributed by atoms with Crippen LogP contribution in [-0.2, 0) is 9.47 Å². The van der Waals surface area contributed by atoms with E-state index in [2.05, 4.69) is 27.7 Å². The summed E-state index contributed by atoms with van der Waals surface area (Å²) in [6, 6.07) is 12.0. The first-order valence-electron chi connectivity index (χ1n) is 14.7. The summed E-state index contributed by atoms with van der Waals surface area (Å²) in [6.45, 7) is 8.85. The van der Waals surface area contributed by atoms with Gasteiger partial charge in [-0.1, -0.05) is 153 Å². The molecule has 202 valence electrons. The van der Waals surface area contributed by atoms with Gasteiger partial charge in [0.25, 0.3) is 0 Å². The van der Waals surface area contributed by atoms with E-state index in [9.17, 15) is 0 Å². The molecule has 1 aromatic rings. The first-order valence-corrected chi connectivity index (χ1v) is 14.7. The van der Waals surface area contributed by atoms with Crippen LogP contribution < -0.4 is 0 Å². The number of benzene rings is 1. The normalized spacial score (nSPS) is 12.2. The molecule has 1 rings (SSSR count). The molecular formula is C32H62O2. The summed E-state index contributed by atoms with van der Waals surface area (Å²) < 4.78 is 10.4. The maximum absolute atomic E-state index is 5.21. The fourth-order valence-corrected chi connectivity index (χ4v) is 3.75. The van der Waals surface area contributed by atoms with E-state index in [1.165, 1.54) is 116 Å². The van der Waals surface area contributed by atoms with Gasteiger partial charge in [0.05, 0.1) is 12.2 Å². The van der Waals surface area contributed by atoms with Gasteiger partial charge in [0.1, 0.15) is 0 Å². The lowest BCUT2D eigenvalue weighted by Gasteiger charge is -2.08. The van der Waals surface area contributed by atoms with Gasteiger partial charge >= 0.3 is 0 Å². The smallest absolute Gasteiger partial charge is 0.0543 e. The molecule has 0 bridgehead atoms. The van der Waals surface area contributed by atoms with Crippen LogP contribution in [0.2, 0.25) is 0 Å². The van der Waals surface area contributed by atoms with Gasteiger partial charge in [0.2, 0.25) is 0 Å². The SMILES string of the molecule is CCCCCCCCCCC(C)OC.CCCCCCCCCCC(C)OC.c1ccccc1. The molecule has 1 aromatic carbocycles. The second kappa shape index (κ2) is 32.1. The average molecular weight is 479 g/mol. The molecule has 0 spiro atoms. The highest BCUT2D eigenvalue weighted by Gasteiger charge is 1.99. The summed E-state index contributed by atoms with van der Waals surface area (Å²) in [4.78, 5) is 0.